The van der Waals surface area contributed by atoms with Gasteiger partial charge in [-0.1, -0.05) is 19.9 Å². The highest BCUT2D eigenvalue weighted by molar-refractivity contribution is 14.0. The minimum atomic E-state index is 0. The van der Waals surface area contributed by atoms with E-state index in [4.69, 9.17) is 5.73 Å². The molecular formula is C16H27IN4. The molecule has 0 radical (unpaired) electrons. The Kier molecular flexibility index (Phi) is 7.42. The Labute approximate surface area is 145 Å². The lowest BCUT2D eigenvalue weighted by Gasteiger charge is -2.15. The third kappa shape index (κ3) is 6.63. The molecule has 1 heterocycles. The van der Waals surface area contributed by atoms with Crippen LogP contribution >= 0.6 is 24.0 Å². The van der Waals surface area contributed by atoms with Crippen molar-refractivity contribution in [2.45, 2.75) is 39.5 Å². The summed E-state index contributed by atoms with van der Waals surface area (Å²) in [7, 11) is 0. The first-order valence-corrected chi connectivity index (χ1v) is 7.53. The van der Waals surface area contributed by atoms with Crippen LogP contribution < -0.4 is 11.1 Å². The molecule has 1 aromatic heterocycles. The van der Waals surface area contributed by atoms with Gasteiger partial charge in [-0.3, -0.25) is 9.98 Å². The molecule has 1 saturated carbocycles. The Hall–Kier alpha value is -0.850. The zero-order valence-corrected chi connectivity index (χ0v) is 15.3. The normalized spacial score (nSPS) is 16.4. The average Bonchev–Trinajstić information content (AvgIpc) is 3.17. The van der Waals surface area contributed by atoms with Crippen LogP contribution in [0.1, 0.15) is 38.8 Å². The van der Waals surface area contributed by atoms with Crippen molar-refractivity contribution >= 4 is 29.9 Å². The molecule has 1 aliphatic rings. The maximum Gasteiger partial charge on any atom is 0.188 e. The molecule has 0 unspecified atom stereocenters. The zero-order valence-electron chi connectivity index (χ0n) is 13.0. The number of nitrogens with two attached hydrogens (primary N) is 1. The van der Waals surface area contributed by atoms with E-state index in [0.717, 1.165) is 31.1 Å². The zero-order chi connectivity index (χ0) is 14.4. The van der Waals surface area contributed by atoms with Crippen LogP contribution in [0.25, 0.3) is 0 Å². The predicted octanol–water partition coefficient (Wildman–Crippen LogP) is 2.97. The van der Waals surface area contributed by atoms with E-state index < -0.39 is 0 Å². The SMILES string of the molecule is CC(C)CC1(CN=C(N)NCCc2ccccn2)CC1.I. The Balaban J connectivity index is 0.00000220. The second-order valence-electron chi connectivity index (χ2n) is 6.30. The summed E-state index contributed by atoms with van der Waals surface area (Å²) in [4.78, 5) is 8.79. The first kappa shape index (κ1) is 18.2. The van der Waals surface area contributed by atoms with Crippen LogP contribution in [0.2, 0.25) is 0 Å². The summed E-state index contributed by atoms with van der Waals surface area (Å²) in [6, 6.07) is 5.95. The van der Waals surface area contributed by atoms with Gasteiger partial charge in [-0.05, 0) is 42.7 Å². The summed E-state index contributed by atoms with van der Waals surface area (Å²) >= 11 is 0. The number of guanidine groups is 1. The van der Waals surface area contributed by atoms with Crippen molar-refractivity contribution in [3.8, 4) is 0 Å². The van der Waals surface area contributed by atoms with Crippen LogP contribution in [0, 0.1) is 11.3 Å². The number of pyridine rings is 1. The van der Waals surface area contributed by atoms with Crippen molar-refractivity contribution in [3.63, 3.8) is 0 Å². The predicted molar refractivity (Wildman–Crippen MR) is 99.0 cm³/mol. The summed E-state index contributed by atoms with van der Waals surface area (Å²) in [5, 5.41) is 3.17. The molecular weight excluding hydrogens is 375 g/mol. The van der Waals surface area contributed by atoms with Crippen LogP contribution in [0.5, 0.6) is 0 Å². The van der Waals surface area contributed by atoms with Crippen molar-refractivity contribution in [1.29, 1.82) is 0 Å². The summed E-state index contributed by atoms with van der Waals surface area (Å²) < 4.78 is 0. The average molecular weight is 402 g/mol. The summed E-state index contributed by atoms with van der Waals surface area (Å²) in [6.45, 7) is 6.20. The highest BCUT2D eigenvalue weighted by Gasteiger charge is 2.42. The van der Waals surface area contributed by atoms with E-state index in [1.165, 1.54) is 19.3 Å². The molecule has 0 bridgehead atoms. The van der Waals surface area contributed by atoms with Gasteiger partial charge in [0, 0.05) is 31.4 Å². The van der Waals surface area contributed by atoms with E-state index in [1.807, 2.05) is 24.4 Å². The van der Waals surface area contributed by atoms with E-state index in [-0.39, 0.29) is 24.0 Å². The highest BCUT2D eigenvalue weighted by atomic mass is 127. The van der Waals surface area contributed by atoms with E-state index in [9.17, 15) is 0 Å². The number of nitrogens with zero attached hydrogens (tertiary/aromatic N) is 2. The van der Waals surface area contributed by atoms with E-state index >= 15 is 0 Å². The molecule has 0 spiro atoms. The lowest BCUT2D eigenvalue weighted by atomic mass is 9.94. The standard InChI is InChI=1S/C16H26N4.HI/c1-13(2)11-16(7-8-16)12-20-15(17)19-10-6-14-5-3-4-9-18-14;/h3-5,9,13H,6-8,10-12H2,1-2H3,(H3,17,19,20);1H. The maximum atomic E-state index is 5.92. The minimum absolute atomic E-state index is 0. The number of halogens is 1. The van der Waals surface area contributed by atoms with Crippen molar-refractivity contribution in [2.24, 2.45) is 22.1 Å². The lowest BCUT2D eigenvalue weighted by molar-refractivity contribution is 0.398. The third-order valence-corrected chi connectivity index (χ3v) is 3.80. The second kappa shape index (κ2) is 8.56. The number of aromatic nitrogens is 1. The summed E-state index contributed by atoms with van der Waals surface area (Å²) in [6.07, 6.45) is 6.55. The van der Waals surface area contributed by atoms with Crippen molar-refractivity contribution in [3.05, 3.63) is 30.1 Å². The summed E-state index contributed by atoms with van der Waals surface area (Å²) in [5.74, 6) is 1.31. The van der Waals surface area contributed by atoms with Crippen molar-refractivity contribution in [1.82, 2.24) is 10.3 Å². The number of hydrogen-bond donors (Lipinski definition) is 2. The molecule has 4 nitrogen and oxygen atoms in total. The Morgan fingerprint density at radius 3 is 2.76 bits per heavy atom. The molecule has 0 amide bonds. The number of aliphatic imine (C=N–C) groups is 1. The first-order chi connectivity index (χ1) is 9.60. The first-order valence-electron chi connectivity index (χ1n) is 7.53. The van der Waals surface area contributed by atoms with E-state index in [0.29, 0.717) is 11.4 Å². The van der Waals surface area contributed by atoms with Gasteiger partial charge in [0.15, 0.2) is 5.96 Å². The van der Waals surface area contributed by atoms with Crippen LogP contribution in [0.3, 0.4) is 0 Å². The topological polar surface area (TPSA) is 63.3 Å². The molecule has 0 aliphatic heterocycles. The molecule has 2 rings (SSSR count). The molecule has 1 aromatic rings. The van der Waals surface area contributed by atoms with E-state index in [2.05, 4.69) is 29.1 Å². The van der Waals surface area contributed by atoms with Crippen molar-refractivity contribution in [2.75, 3.05) is 13.1 Å². The van der Waals surface area contributed by atoms with Gasteiger partial charge in [-0.15, -0.1) is 24.0 Å². The molecule has 21 heavy (non-hydrogen) atoms. The van der Waals surface area contributed by atoms with Crippen molar-refractivity contribution < 1.29 is 0 Å². The maximum absolute atomic E-state index is 5.92. The lowest BCUT2D eigenvalue weighted by Crippen LogP contribution is -2.34. The van der Waals surface area contributed by atoms with Crippen LogP contribution in [-0.2, 0) is 6.42 Å². The molecule has 1 aliphatic carbocycles. The number of rotatable bonds is 7. The summed E-state index contributed by atoms with van der Waals surface area (Å²) in [5.41, 5.74) is 7.44. The van der Waals surface area contributed by atoms with Gasteiger partial charge in [0.05, 0.1) is 0 Å². The number of nitrogens with one attached hydrogen (secondary N) is 1. The third-order valence-electron chi connectivity index (χ3n) is 3.80. The molecule has 5 heteroatoms. The van der Waals surface area contributed by atoms with Gasteiger partial charge in [0.25, 0.3) is 0 Å². The molecule has 3 N–H and O–H groups in total. The van der Waals surface area contributed by atoms with E-state index in [1.54, 1.807) is 0 Å². The fourth-order valence-corrected chi connectivity index (χ4v) is 2.64. The molecule has 0 aromatic carbocycles. The second-order valence-corrected chi connectivity index (χ2v) is 6.30. The largest absolute Gasteiger partial charge is 0.370 e. The monoisotopic (exact) mass is 402 g/mol. The van der Waals surface area contributed by atoms with Gasteiger partial charge in [0.1, 0.15) is 0 Å². The van der Waals surface area contributed by atoms with Gasteiger partial charge in [-0.25, -0.2) is 0 Å². The van der Waals surface area contributed by atoms with Gasteiger partial charge in [-0.2, -0.15) is 0 Å². The minimum Gasteiger partial charge on any atom is -0.370 e. The van der Waals surface area contributed by atoms with Gasteiger partial charge >= 0.3 is 0 Å². The Bertz CT molecular complexity index is 441. The number of hydrogen-bond acceptors (Lipinski definition) is 2. The smallest absolute Gasteiger partial charge is 0.188 e. The molecule has 0 atom stereocenters. The van der Waals surface area contributed by atoms with Gasteiger partial charge < -0.3 is 11.1 Å². The quantitative estimate of drug-likeness (QED) is 0.419. The van der Waals surface area contributed by atoms with Gasteiger partial charge in [0.2, 0.25) is 0 Å². The fraction of sp³-hybridized carbons (Fsp3) is 0.625. The Morgan fingerprint density at radius 1 is 1.43 bits per heavy atom. The van der Waals surface area contributed by atoms with Crippen LogP contribution in [0.15, 0.2) is 29.4 Å². The Morgan fingerprint density at radius 2 is 2.19 bits per heavy atom. The fourth-order valence-electron chi connectivity index (χ4n) is 2.64. The molecule has 118 valence electrons. The highest BCUT2D eigenvalue weighted by Crippen LogP contribution is 2.50. The molecule has 1 fully saturated rings. The molecule has 0 saturated heterocycles. The van der Waals surface area contributed by atoms with Crippen LogP contribution in [-0.4, -0.2) is 24.0 Å². The van der Waals surface area contributed by atoms with Crippen LogP contribution in [0.4, 0.5) is 0 Å².